The van der Waals surface area contributed by atoms with Crippen molar-refractivity contribution in [3.05, 3.63) is 59.1 Å². The molecular formula is C20H24ClN3O2. The van der Waals surface area contributed by atoms with Crippen LogP contribution in [0.5, 0.6) is 5.75 Å². The van der Waals surface area contributed by atoms with Crippen LogP contribution in [0.25, 0.3) is 0 Å². The maximum atomic E-state index is 12.3. The summed E-state index contributed by atoms with van der Waals surface area (Å²) in [6.45, 7) is 3.73. The van der Waals surface area contributed by atoms with E-state index in [1.54, 1.807) is 7.11 Å². The number of hydrogen-bond acceptors (Lipinski definition) is 3. The molecule has 1 N–H and O–H groups in total. The molecule has 3 rings (SSSR count). The lowest BCUT2D eigenvalue weighted by Gasteiger charge is -2.36. The molecule has 0 saturated carbocycles. The molecule has 2 aromatic rings. The van der Waals surface area contributed by atoms with Crippen molar-refractivity contribution >= 4 is 23.3 Å². The normalized spacial score (nSPS) is 14.2. The van der Waals surface area contributed by atoms with E-state index in [2.05, 4.69) is 22.3 Å². The highest BCUT2D eigenvalue weighted by atomic mass is 35.5. The molecule has 0 aromatic heterocycles. The molecule has 1 saturated heterocycles. The zero-order chi connectivity index (χ0) is 18.4. The third kappa shape index (κ3) is 4.82. The van der Waals surface area contributed by atoms with E-state index >= 15 is 0 Å². The molecule has 138 valence electrons. The van der Waals surface area contributed by atoms with Crippen LogP contribution in [-0.2, 0) is 6.42 Å². The quantitative estimate of drug-likeness (QED) is 0.873. The maximum Gasteiger partial charge on any atom is 0.317 e. The predicted molar refractivity (Wildman–Crippen MR) is 105 cm³/mol. The van der Waals surface area contributed by atoms with Gasteiger partial charge in [0.05, 0.1) is 7.11 Å². The van der Waals surface area contributed by atoms with Crippen molar-refractivity contribution in [2.75, 3.05) is 44.7 Å². The zero-order valence-electron chi connectivity index (χ0n) is 15.0. The van der Waals surface area contributed by atoms with Crippen molar-refractivity contribution in [1.82, 2.24) is 10.2 Å². The third-order valence-electron chi connectivity index (χ3n) is 4.61. The topological polar surface area (TPSA) is 44.8 Å². The van der Waals surface area contributed by atoms with Crippen molar-refractivity contribution in [3.8, 4) is 5.75 Å². The molecule has 0 unspecified atom stereocenters. The first kappa shape index (κ1) is 18.4. The highest BCUT2D eigenvalue weighted by molar-refractivity contribution is 6.30. The number of nitrogens with one attached hydrogen (secondary N) is 1. The molecule has 2 aromatic carbocycles. The van der Waals surface area contributed by atoms with Gasteiger partial charge in [-0.05, 0) is 48.4 Å². The second-order valence-corrected chi connectivity index (χ2v) is 6.72. The minimum atomic E-state index is 0.00773. The molecule has 0 aliphatic carbocycles. The summed E-state index contributed by atoms with van der Waals surface area (Å²) in [5.74, 6) is 0.854. The summed E-state index contributed by atoms with van der Waals surface area (Å²) in [6.07, 6.45) is 0.800. The number of amides is 2. The summed E-state index contributed by atoms with van der Waals surface area (Å²) in [5, 5.41) is 3.73. The van der Waals surface area contributed by atoms with Gasteiger partial charge >= 0.3 is 6.03 Å². The number of benzene rings is 2. The lowest BCUT2D eigenvalue weighted by molar-refractivity contribution is 0.194. The molecule has 0 spiro atoms. The molecule has 6 heteroatoms. The maximum absolute atomic E-state index is 12.3. The predicted octanol–water partition coefficient (Wildman–Crippen LogP) is 3.42. The van der Waals surface area contributed by atoms with E-state index in [1.165, 1.54) is 5.56 Å². The minimum absolute atomic E-state index is 0.00773. The number of piperazine rings is 1. The monoisotopic (exact) mass is 373 g/mol. The van der Waals surface area contributed by atoms with E-state index in [4.69, 9.17) is 16.3 Å². The number of rotatable bonds is 5. The molecule has 2 amide bonds. The van der Waals surface area contributed by atoms with Crippen LogP contribution in [0.1, 0.15) is 5.56 Å². The molecule has 0 atom stereocenters. The summed E-state index contributed by atoms with van der Waals surface area (Å²) < 4.78 is 5.19. The van der Waals surface area contributed by atoms with E-state index in [0.29, 0.717) is 6.54 Å². The largest absolute Gasteiger partial charge is 0.497 e. The second-order valence-electron chi connectivity index (χ2n) is 6.28. The van der Waals surface area contributed by atoms with Crippen molar-refractivity contribution in [2.45, 2.75) is 6.42 Å². The van der Waals surface area contributed by atoms with Crippen LogP contribution in [-0.4, -0.2) is 50.8 Å². The number of carbonyl (C=O) groups is 1. The molecule has 0 radical (unpaired) electrons. The average molecular weight is 374 g/mol. The highest BCUT2D eigenvalue weighted by Gasteiger charge is 2.20. The summed E-state index contributed by atoms with van der Waals surface area (Å²) in [5.41, 5.74) is 2.33. The van der Waals surface area contributed by atoms with Crippen LogP contribution in [0.4, 0.5) is 10.5 Å². The number of hydrogen-bond donors (Lipinski definition) is 1. The van der Waals surface area contributed by atoms with Gasteiger partial charge in [-0.25, -0.2) is 4.79 Å². The number of anilines is 1. The Morgan fingerprint density at radius 3 is 2.31 bits per heavy atom. The van der Waals surface area contributed by atoms with Crippen LogP contribution < -0.4 is 15.0 Å². The van der Waals surface area contributed by atoms with E-state index in [0.717, 1.165) is 49.1 Å². The third-order valence-corrected chi connectivity index (χ3v) is 4.86. The fourth-order valence-electron chi connectivity index (χ4n) is 3.04. The Bertz CT molecular complexity index is 711. The Labute approximate surface area is 159 Å². The molecule has 1 aliphatic heterocycles. The first-order valence-electron chi connectivity index (χ1n) is 8.82. The van der Waals surface area contributed by atoms with Gasteiger partial charge in [-0.2, -0.15) is 0 Å². The van der Waals surface area contributed by atoms with Crippen LogP contribution in [0.2, 0.25) is 5.02 Å². The summed E-state index contributed by atoms with van der Waals surface area (Å²) in [6, 6.07) is 15.8. The fourth-order valence-corrected chi connectivity index (χ4v) is 3.16. The van der Waals surface area contributed by atoms with Gasteiger partial charge in [0.25, 0.3) is 0 Å². The smallest absolute Gasteiger partial charge is 0.317 e. The standard InChI is InChI=1S/C20H24ClN3O2/c1-26-19-8-6-18(7-9-19)23-12-14-24(15-13-23)20(25)22-11-10-16-2-4-17(21)5-3-16/h2-9H,10-15H2,1H3,(H,22,25). The number of methoxy groups -OCH3 is 1. The first-order valence-corrected chi connectivity index (χ1v) is 9.20. The molecule has 1 aliphatic rings. The summed E-state index contributed by atoms with van der Waals surface area (Å²) >= 11 is 5.88. The zero-order valence-corrected chi connectivity index (χ0v) is 15.7. The Kier molecular flexibility index (Phi) is 6.23. The van der Waals surface area contributed by atoms with Gasteiger partial charge in [0.15, 0.2) is 0 Å². The first-order chi connectivity index (χ1) is 12.7. The SMILES string of the molecule is COc1ccc(N2CCN(C(=O)NCCc3ccc(Cl)cc3)CC2)cc1. The van der Waals surface area contributed by atoms with Crippen LogP contribution in [0.3, 0.4) is 0 Å². The van der Waals surface area contributed by atoms with Gasteiger partial charge in [-0.15, -0.1) is 0 Å². The minimum Gasteiger partial charge on any atom is -0.497 e. The molecule has 0 bridgehead atoms. The fraction of sp³-hybridized carbons (Fsp3) is 0.350. The number of nitrogens with zero attached hydrogens (tertiary/aromatic N) is 2. The van der Waals surface area contributed by atoms with Gasteiger partial charge in [-0.1, -0.05) is 23.7 Å². The van der Waals surface area contributed by atoms with Crippen molar-refractivity contribution < 1.29 is 9.53 Å². The van der Waals surface area contributed by atoms with E-state index < -0.39 is 0 Å². The Morgan fingerprint density at radius 2 is 1.69 bits per heavy atom. The van der Waals surface area contributed by atoms with Gasteiger partial charge in [0, 0.05) is 43.4 Å². The highest BCUT2D eigenvalue weighted by Crippen LogP contribution is 2.20. The molecule has 5 nitrogen and oxygen atoms in total. The van der Waals surface area contributed by atoms with Crippen molar-refractivity contribution in [3.63, 3.8) is 0 Å². The molecule has 1 fully saturated rings. The molecule has 1 heterocycles. The van der Waals surface area contributed by atoms with Crippen LogP contribution in [0, 0.1) is 0 Å². The van der Waals surface area contributed by atoms with E-state index in [-0.39, 0.29) is 6.03 Å². The second kappa shape index (κ2) is 8.81. The van der Waals surface area contributed by atoms with Gasteiger partial charge in [0.1, 0.15) is 5.75 Å². The van der Waals surface area contributed by atoms with Crippen LogP contribution in [0.15, 0.2) is 48.5 Å². The Balaban J connectivity index is 1.42. The number of carbonyl (C=O) groups excluding carboxylic acids is 1. The van der Waals surface area contributed by atoms with E-state index in [9.17, 15) is 4.79 Å². The van der Waals surface area contributed by atoms with Crippen LogP contribution >= 0.6 is 11.6 Å². The lowest BCUT2D eigenvalue weighted by atomic mass is 10.1. The van der Waals surface area contributed by atoms with Crippen molar-refractivity contribution in [1.29, 1.82) is 0 Å². The van der Waals surface area contributed by atoms with Gasteiger partial charge in [0.2, 0.25) is 0 Å². The number of ether oxygens (including phenoxy) is 1. The Hall–Kier alpha value is -2.40. The van der Waals surface area contributed by atoms with Crippen molar-refractivity contribution in [2.24, 2.45) is 0 Å². The number of urea groups is 1. The average Bonchev–Trinajstić information content (AvgIpc) is 2.69. The number of halogens is 1. The van der Waals surface area contributed by atoms with E-state index in [1.807, 2.05) is 41.3 Å². The Morgan fingerprint density at radius 1 is 1.04 bits per heavy atom. The molecule has 26 heavy (non-hydrogen) atoms. The lowest BCUT2D eigenvalue weighted by Crippen LogP contribution is -2.52. The summed E-state index contributed by atoms with van der Waals surface area (Å²) in [4.78, 5) is 16.5. The molecular weight excluding hydrogens is 350 g/mol. The van der Waals surface area contributed by atoms with Gasteiger partial charge in [-0.3, -0.25) is 0 Å². The van der Waals surface area contributed by atoms with Gasteiger partial charge < -0.3 is 19.9 Å². The summed E-state index contributed by atoms with van der Waals surface area (Å²) in [7, 11) is 1.67.